The Kier molecular flexibility index (Phi) is 3.07. The molecule has 0 radical (unpaired) electrons. The summed E-state index contributed by atoms with van der Waals surface area (Å²) < 4.78 is 1.10. The van der Waals surface area contributed by atoms with Gasteiger partial charge in [-0.05, 0) is 74.0 Å². The quantitative estimate of drug-likeness (QED) is 0.766. The topological polar surface area (TPSA) is 12.0 Å². The van der Waals surface area contributed by atoms with Crippen molar-refractivity contribution in [1.82, 2.24) is 0 Å². The molecule has 4 fully saturated rings. The second-order valence-electron chi connectivity index (χ2n) is 6.73. The first-order valence-corrected chi connectivity index (χ1v) is 8.57. The van der Waals surface area contributed by atoms with Crippen LogP contribution >= 0.6 is 27.5 Å². The number of hydrogen-bond acceptors (Lipinski definition) is 1. The molecule has 1 aromatic carbocycles. The lowest BCUT2D eigenvalue weighted by atomic mass is 9.54. The van der Waals surface area contributed by atoms with Gasteiger partial charge in [0.05, 0.1) is 10.7 Å². The molecular formula is C16H19BrClN. The van der Waals surface area contributed by atoms with Crippen LogP contribution in [-0.4, -0.2) is 6.04 Å². The lowest BCUT2D eigenvalue weighted by Gasteiger charge is -2.54. The van der Waals surface area contributed by atoms with Crippen molar-refractivity contribution in [2.24, 2.45) is 23.7 Å². The molecule has 0 heterocycles. The molecule has 0 amide bonds. The summed E-state index contributed by atoms with van der Waals surface area (Å²) in [6.45, 7) is 0. The van der Waals surface area contributed by atoms with Gasteiger partial charge in [-0.2, -0.15) is 0 Å². The van der Waals surface area contributed by atoms with E-state index in [4.69, 9.17) is 11.6 Å². The van der Waals surface area contributed by atoms with E-state index in [1.807, 2.05) is 12.1 Å². The van der Waals surface area contributed by atoms with E-state index in [0.717, 1.165) is 38.9 Å². The smallest absolute Gasteiger partial charge is 0.0638 e. The van der Waals surface area contributed by atoms with Crippen LogP contribution in [0.1, 0.15) is 32.1 Å². The van der Waals surface area contributed by atoms with Gasteiger partial charge < -0.3 is 5.32 Å². The van der Waals surface area contributed by atoms with Crippen molar-refractivity contribution in [3.8, 4) is 0 Å². The second-order valence-corrected chi connectivity index (χ2v) is 8.05. The molecule has 0 saturated heterocycles. The first-order valence-electron chi connectivity index (χ1n) is 7.40. The number of anilines is 1. The van der Waals surface area contributed by atoms with Crippen molar-refractivity contribution >= 4 is 33.2 Å². The van der Waals surface area contributed by atoms with Gasteiger partial charge in [0.15, 0.2) is 0 Å². The van der Waals surface area contributed by atoms with Crippen LogP contribution in [-0.2, 0) is 0 Å². The third kappa shape index (κ3) is 2.21. The molecule has 19 heavy (non-hydrogen) atoms. The molecule has 0 spiro atoms. The Balaban J connectivity index is 1.58. The van der Waals surface area contributed by atoms with E-state index in [-0.39, 0.29) is 0 Å². The molecule has 4 aliphatic carbocycles. The minimum Gasteiger partial charge on any atom is -0.381 e. The fourth-order valence-corrected chi connectivity index (χ4v) is 5.48. The second kappa shape index (κ2) is 4.66. The van der Waals surface area contributed by atoms with E-state index in [1.165, 1.54) is 32.1 Å². The fourth-order valence-electron chi connectivity index (χ4n) is 4.95. The molecule has 0 aliphatic heterocycles. The summed E-state index contributed by atoms with van der Waals surface area (Å²) in [6, 6.07) is 6.75. The van der Waals surface area contributed by atoms with Gasteiger partial charge in [0, 0.05) is 10.5 Å². The van der Waals surface area contributed by atoms with Crippen molar-refractivity contribution in [3.05, 3.63) is 27.7 Å². The highest BCUT2D eigenvalue weighted by Gasteiger charge is 2.48. The number of rotatable bonds is 2. The largest absolute Gasteiger partial charge is 0.381 e. The highest BCUT2D eigenvalue weighted by molar-refractivity contribution is 9.10. The molecule has 102 valence electrons. The average Bonchev–Trinajstić information content (AvgIpc) is 2.37. The highest BCUT2D eigenvalue weighted by Crippen LogP contribution is 2.54. The Bertz CT molecular complexity index is 474. The fraction of sp³-hybridized carbons (Fsp3) is 0.625. The van der Waals surface area contributed by atoms with E-state index in [9.17, 15) is 0 Å². The predicted octanol–water partition coefficient (Wildman–Crippen LogP) is 5.34. The Hall–Kier alpha value is -0.210. The summed E-state index contributed by atoms with van der Waals surface area (Å²) in [5.74, 6) is 3.81. The summed E-state index contributed by atoms with van der Waals surface area (Å²) in [6.07, 6.45) is 7.27. The van der Waals surface area contributed by atoms with Gasteiger partial charge in [-0.25, -0.2) is 0 Å². The van der Waals surface area contributed by atoms with Gasteiger partial charge in [-0.1, -0.05) is 27.5 Å². The van der Waals surface area contributed by atoms with E-state index >= 15 is 0 Å². The molecular weight excluding hydrogens is 322 g/mol. The Morgan fingerprint density at radius 1 is 1.00 bits per heavy atom. The molecule has 1 aromatic rings. The zero-order valence-corrected chi connectivity index (χ0v) is 13.3. The monoisotopic (exact) mass is 339 g/mol. The third-order valence-electron chi connectivity index (χ3n) is 5.48. The normalized spacial score (nSPS) is 39.6. The van der Waals surface area contributed by atoms with Gasteiger partial charge in [-0.15, -0.1) is 0 Å². The maximum atomic E-state index is 6.33. The SMILES string of the molecule is Clc1ccc(Br)cc1NC1C2CC3CC(C2)CC1C3. The molecule has 0 unspecified atom stereocenters. The summed E-state index contributed by atoms with van der Waals surface area (Å²) in [5.41, 5.74) is 1.11. The molecule has 0 aromatic heterocycles. The van der Waals surface area contributed by atoms with Crippen LogP contribution in [0.15, 0.2) is 22.7 Å². The van der Waals surface area contributed by atoms with Crippen molar-refractivity contribution in [2.45, 2.75) is 38.1 Å². The van der Waals surface area contributed by atoms with Gasteiger partial charge >= 0.3 is 0 Å². The standard InChI is InChI=1S/C16H19BrClN/c17-13-1-2-14(18)15(8-13)19-16-11-4-9-3-10(6-11)7-12(16)5-9/h1-2,8-12,16,19H,3-7H2. The van der Waals surface area contributed by atoms with E-state index < -0.39 is 0 Å². The Morgan fingerprint density at radius 2 is 1.63 bits per heavy atom. The first kappa shape index (κ1) is 12.5. The van der Waals surface area contributed by atoms with Crippen LogP contribution < -0.4 is 5.32 Å². The maximum Gasteiger partial charge on any atom is 0.0638 e. The van der Waals surface area contributed by atoms with Crippen LogP contribution in [0.25, 0.3) is 0 Å². The third-order valence-corrected chi connectivity index (χ3v) is 6.30. The van der Waals surface area contributed by atoms with Crippen LogP contribution in [0.2, 0.25) is 5.02 Å². The predicted molar refractivity (Wildman–Crippen MR) is 83.6 cm³/mol. The number of halogens is 2. The van der Waals surface area contributed by atoms with E-state index in [1.54, 1.807) is 0 Å². The number of hydrogen-bond donors (Lipinski definition) is 1. The lowest BCUT2D eigenvalue weighted by Crippen LogP contribution is -2.51. The zero-order chi connectivity index (χ0) is 13.0. The summed E-state index contributed by atoms with van der Waals surface area (Å²) in [7, 11) is 0. The molecule has 1 N–H and O–H groups in total. The molecule has 3 heteroatoms. The number of nitrogens with one attached hydrogen (secondary N) is 1. The molecule has 1 nitrogen and oxygen atoms in total. The Labute approximate surface area is 128 Å². The van der Waals surface area contributed by atoms with Crippen LogP contribution in [0.5, 0.6) is 0 Å². The van der Waals surface area contributed by atoms with Crippen molar-refractivity contribution in [1.29, 1.82) is 0 Å². The van der Waals surface area contributed by atoms with Crippen molar-refractivity contribution < 1.29 is 0 Å². The highest BCUT2D eigenvalue weighted by atomic mass is 79.9. The molecule has 4 aliphatic rings. The lowest BCUT2D eigenvalue weighted by molar-refractivity contribution is 0.00754. The molecule has 4 saturated carbocycles. The first-order chi connectivity index (χ1) is 9.19. The van der Waals surface area contributed by atoms with Gasteiger partial charge in [0.1, 0.15) is 0 Å². The molecule has 4 bridgehead atoms. The summed E-state index contributed by atoms with van der Waals surface area (Å²) >= 11 is 9.87. The minimum absolute atomic E-state index is 0.652. The van der Waals surface area contributed by atoms with Gasteiger partial charge in [0.25, 0.3) is 0 Å². The molecule has 5 rings (SSSR count). The number of benzene rings is 1. The summed E-state index contributed by atoms with van der Waals surface area (Å²) in [4.78, 5) is 0. The molecule has 0 atom stereocenters. The van der Waals surface area contributed by atoms with Crippen LogP contribution in [0, 0.1) is 23.7 Å². The van der Waals surface area contributed by atoms with Gasteiger partial charge in [-0.3, -0.25) is 0 Å². The van der Waals surface area contributed by atoms with Crippen LogP contribution in [0.3, 0.4) is 0 Å². The minimum atomic E-state index is 0.652. The van der Waals surface area contributed by atoms with Crippen LogP contribution in [0.4, 0.5) is 5.69 Å². The Morgan fingerprint density at radius 3 is 2.26 bits per heavy atom. The van der Waals surface area contributed by atoms with E-state index in [2.05, 4.69) is 27.3 Å². The van der Waals surface area contributed by atoms with E-state index in [0.29, 0.717) is 6.04 Å². The zero-order valence-electron chi connectivity index (χ0n) is 10.9. The maximum absolute atomic E-state index is 6.33. The average molecular weight is 341 g/mol. The van der Waals surface area contributed by atoms with Crippen molar-refractivity contribution in [3.63, 3.8) is 0 Å². The van der Waals surface area contributed by atoms with Gasteiger partial charge in [0.2, 0.25) is 0 Å². The summed E-state index contributed by atoms with van der Waals surface area (Å²) in [5, 5.41) is 4.62. The van der Waals surface area contributed by atoms with Crippen molar-refractivity contribution in [2.75, 3.05) is 5.32 Å².